The van der Waals surface area contributed by atoms with E-state index in [0.717, 1.165) is 34.7 Å². The number of nitrogens with zero attached hydrogens (tertiary/aromatic N) is 2. The van der Waals surface area contributed by atoms with Crippen LogP contribution in [-0.4, -0.2) is 17.2 Å². The minimum Gasteiger partial charge on any atom is -0.461 e. The van der Waals surface area contributed by atoms with Crippen LogP contribution in [0.2, 0.25) is 0 Å². The molecular formula is C13H14N2O2S. The van der Waals surface area contributed by atoms with Gasteiger partial charge in [0, 0.05) is 11.1 Å². The zero-order valence-corrected chi connectivity index (χ0v) is 11.0. The summed E-state index contributed by atoms with van der Waals surface area (Å²) in [7, 11) is 0. The van der Waals surface area contributed by atoms with E-state index in [4.69, 9.17) is 4.74 Å². The maximum Gasteiger partial charge on any atom is 0.293 e. The minimum absolute atomic E-state index is 0.186. The van der Waals surface area contributed by atoms with Crippen molar-refractivity contribution in [3.8, 4) is 6.07 Å². The van der Waals surface area contributed by atoms with E-state index in [1.807, 2.05) is 6.07 Å². The molecule has 0 amide bonds. The average Bonchev–Trinajstić information content (AvgIpc) is 3.18. The summed E-state index contributed by atoms with van der Waals surface area (Å²) in [6.45, 7) is 2.66. The van der Waals surface area contributed by atoms with Crippen molar-refractivity contribution in [2.45, 2.75) is 36.7 Å². The highest BCUT2D eigenvalue weighted by atomic mass is 32.2. The topological polar surface area (TPSA) is 63.0 Å². The number of hydrogen-bond donors (Lipinski definition) is 0. The zero-order chi connectivity index (χ0) is 13.0. The number of carbonyl (C=O) groups is 1. The van der Waals surface area contributed by atoms with E-state index in [9.17, 15) is 10.1 Å². The number of thioether (sulfide) groups is 1. The maximum atomic E-state index is 10.2. The molecule has 0 atom stereocenters. The lowest BCUT2D eigenvalue weighted by atomic mass is 10.00. The van der Waals surface area contributed by atoms with Crippen molar-refractivity contribution in [1.82, 2.24) is 4.98 Å². The van der Waals surface area contributed by atoms with Gasteiger partial charge in [0.25, 0.3) is 6.47 Å². The first-order valence-electron chi connectivity index (χ1n) is 5.84. The Morgan fingerprint density at radius 3 is 3.00 bits per heavy atom. The van der Waals surface area contributed by atoms with E-state index in [-0.39, 0.29) is 12.0 Å². The molecular weight excluding hydrogens is 248 g/mol. The predicted octanol–water partition coefficient (Wildman–Crippen LogP) is 2.42. The molecule has 1 aromatic rings. The van der Waals surface area contributed by atoms with Crippen LogP contribution in [0.15, 0.2) is 17.2 Å². The molecule has 0 aromatic carbocycles. The number of nitriles is 1. The molecule has 1 heterocycles. The highest BCUT2D eigenvalue weighted by molar-refractivity contribution is 7.99. The molecule has 0 bridgehead atoms. The van der Waals surface area contributed by atoms with Crippen LogP contribution in [0.4, 0.5) is 0 Å². The van der Waals surface area contributed by atoms with Gasteiger partial charge in [0.15, 0.2) is 0 Å². The second kappa shape index (κ2) is 5.40. The molecule has 1 aromatic heterocycles. The fraction of sp³-hybridized carbons (Fsp3) is 0.462. The minimum atomic E-state index is -0.319. The van der Waals surface area contributed by atoms with Gasteiger partial charge < -0.3 is 4.74 Å². The summed E-state index contributed by atoms with van der Waals surface area (Å²) in [4.78, 5) is 15.6. The Bertz CT molecular complexity index is 492. The lowest BCUT2D eigenvalue weighted by Gasteiger charge is -2.11. The van der Waals surface area contributed by atoms with Gasteiger partial charge in [0.1, 0.15) is 6.61 Å². The van der Waals surface area contributed by atoms with Crippen molar-refractivity contribution in [2.75, 3.05) is 5.75 Å². The largest absolute Gasteiger partial charge is 0.461 e. The quantitative estimate of drug-likeness (QED) is 0.582. The number of hydrogen-bond acceptors (Lipinski definition) is 5. The molecule has 18 heavy (non-hydrogen) atoms. The molecule has 5 heteroatoms. The van der Waals surface area contributed by atoms with E-state index >= 15 is 0 Å². The number of carbonyl (C=O) groups excluding carboxylic acids is 1. The van der Waals surface area contributed by atoms with E-state index in [0.29, 0.717) is 6.47 Å². The number of ether oxygens (including phenoxy) is 1. The molecule has 0 radical (unpaired) electrons. The highest BCUT2D eigenvalue weighted by Gasteiger charge is 2.45. The normalized spacial score (nSPS) is 15.8. The van der Waals surface area contributed by atoms with Crippen LogP contribution in [0.25, 0.3) is 0 Å². The Balaban J connectivity index is 2.28. The highest BCUT2D eigenvalue weighted by Crippen LogP contribution is 2.48. The van der Waals surface area contributed by atoms with E-state index in [1.165, 1.54) is 0 Å². The maximum absolute atomic E-state index is 10.2. The summed E-state index contributed by atoms with van der Waals surface area (Å²) in [6.07, 6.45) is 3.55. The molecule has 1 saturated carbocycles. The third-order valence-corrected chi connectivity index (χ3v) is 3.99. The monoisotopic (exact) mass is 262 g/mol. The predicted molar refractivity (Wildman–Crippen MR) is 68.0 cm³/mol. The summed E-state index contributed by atoms with van der Waals surface area (Å²) in [5, 5.41) is 9.19. The van der Waals surface area contributed by atoms with Crippen molar-refractivity contribution < 1.29 is 9.53 Å². The molecule has 0 saturated heterocycles. The molecule has 0 N–H and O–H groups in total. The van der Waals surface area contributed by atoms with Crippen molar-refractivity contribution in [1.29, 1.82) is 5.26 Å². The summed E-state index contributed by atoms with van der Waals surface area (Å²) in [6, 6.07) is 4.38. The van der Waals surface area contributed by atoms with Crippen molar-refractivity contribution in [2.24, 2.45) is 0 Å². The standard InChI is InChI=1S/C13H14N2O2S/c1-2-18-12-5-10(13(8-14)3-4-13)6-15-11(12)7-17-9-16/h5-6,9H,2-4,7H2,1H3. The SMILES string of the molecule is CCSc1cc(C2(C#N)CC2)cnc1COC=O. The van der Waals surface area contributed by atoms with Gasteiger partial charge in [-0.1, -0.05) is 6.92 Å². The van der Waals surface area contributed by atoms with Crippen LogP contribution in [0.5, 0.6) is 0 Å². The van der Waals surface area contributed by atoms with Gasteiger partial charge in [-0.2, -0.15) is 5.26 Å². The first kappa shape index (κ1) is 12.9. The Labute approximate surface area is 110 Å². The first-order chi connectivity index (χ1) is 8.75. The third kappa shape index (κ3) is 2.49. The van der Waals surface area contributed by atoms with Gasteiger partial charge in [-0.15, -0.1) is 11.8 Å². The molecule has 1 aliphatic carbocycles. The Morgan fingerprint density at radius 1 is 1.67 bits per heavy atom. The van der Waals surface area contributed by atoms with Crippen LogP contribution in [-0.2, 0) is 21.6 Å². The third-order valence-electron chi connectivity index (χ3n) is 3.04. The number of pyridine rings is 1. The molecule has 1 fully saturated rings. The van der Waals surface area contributed by atoms with E-state index in [2.05, 4.69) is 18.0 Å². The summed E-state index contributed by atoms with van der Waals surface area (Å²) in [5.41, 5.74) is 1.42. The fourth-order valence-corrected chi connectivity index (χ4v) is 2.63. The Hall–Kier alpha value is -1.54. The van der Waals surface area contributed by atoms with Crippen LogP contribution in [0.3, 0.4) is 0 Å². The molecule has 4 nitrogen and oxygen atoms in total. The average molecular weight is 262 g/mol. The fourth-order valence-electron chi connectivity index (χ4n) is 1.83. The number of aromatic nitrogens is 1. The van der Waals surface area contributed by atoms with Crippen molar-refractivity contribution in [3.05, 3.63) is 23.5 Å². The molecule has 0 spiro atoms. The van der Waals surface area contributed by atoms with Gasteiger partial charge in [-0.3, -0.25) is 9.78 Å². The van der Waals surface area contributed by atoms with Gasteiger partial charge in [0.2, 0.25) is 0 Å². The number of rotatable bonds is 6. The molecule has 94 valence electrons. The van der Waals surface area contributed by atoms with Crippen LogP contribution in [0, 0.1) is 11.3 Å². The van der Waals surface area contributed by atoms with E-state index < -0.39 is 0 Å². The molecule has 0 unspecified atom stereocenters. The Kier molecular flexibility index (Phi) is 3.87. The Morgan fingerprint density at radius 2 is 2.44 bits per heavy atom. The van der Waals surface area contributed by atoms with Gasteiger partial charge in [-0.25, -0.2) is 0 Å². The lowest BCUT2D eigenvalue weighted by molar-refractivity contribution is -0.130. The smallest absolute Gasteiger partial charge is 0.293 e. The van der Waals surface area contributed by atoms with Crippen LogP contribution >= 0.6 is 11.8 Å². The van der Waals surface area contributed by atoms with Crippen LogP contribution in [0.1, 0.15) is 31.0 Å². The van der Waals surface area contributed by atoms with E-state index in [1.54, 1.807) is 18.0 Å². The summed E-state index contributed by atoms with van der Waals surface area (Å²) < 4.78 is 4.75. The van der Waals surface area contributed by atoms with Crippen LogP contribution < -0.4 is 0 Å². The second-order valence-corrected chi connectivity index (χ2v) is 5.51. The van der Waals surface area contributed by atoms with Crippen molar-refractivity contribution >= 4 is 18.2 Å². The van der Waals surface area contributed by atoms with Gasteiger partial charge in [0.05, 0.1) is 17.2 Å². The zero-order valence-electron chi connectivity index (χ0n) is 10.2. The summed E-state index contributed by atoms with van der Waals surface area (Å²) >= 11 is 1.65. The van der Waals surface area contributed by atoms with Crippen molar-refractivity contribution in [3.63, 3.8) is 0 Å². The first-order valence-corrected chi connectivity index (χ1v) is 6.83. The molecule has 1 aliphatic rings. The summed E-state index contributed by atoms with van der Waals surface area (Å²) in [5.74, 6) is 0.915. The lowest BCUT2D eigenvalue weighted by Crippen LogP contribution is -2.06. The van der Waals surface area contributed by atoms with Gasteiger partial charge >= 0.3 is 0 Å². The van der Waals surface area contributed by atoms with Gasteiger partial charge in [-0.05, 0) is 30.2 Å². The second-order valence-electron chi connectivity index (χ2n) is 4.20. The molecule has 2 rings (SSSR count). The molecule has 0 aliphatic heterocycles.